The largest absolute Gasteiger partial charge is 0.480 e. The molecular formula is C18H21NO4. The number of carboxylic acid groups (broad SMARTS) is 1. The first kappa shape index (κ1) is 15.6. The molecule has 0 radical (unpaired) electrons. The van der Waals surface area contributed by atoms with Crippen LogP contribution in [0.2, 0.25) is 0 Å². The third-order valence-corrected chi connectivity index (χ3v) is 4.84. The molecule has 0 aliphatic heterocycles. The summed E-state index contributed by atoms with van der Waals surface area (Å²) in [5.74, 6) is -1.20. The number of amides is 1. The smallest absolute Gasteiger partial charge is 0.329 e. The van der Waals surface area contributed by atoms with E-state index in [4.69, 9.17) is 4.42 Å². The Kier molecular flexibility index (Phi) is 3.88. The number of hydrogen-bond donors (Lipinski definition) is 2. The Morgan fingerprint density at radius 3 is 2.48 bits per heavy atom. The quantitative estimate of drug-likeness (QED) is 0.907. The molecule has 2 N–H and O–H groups in total. The molecule has 2 aromatic rings. The Labute approximate surface area is 134 Å². The highest BCUT2D eigenvalue weighted by Crippen LogP contribution is 2.31. The number of para-hydroxylation sites is 1. The van der Waals surface area contributed by atoms with Crippen molar-refractivity contribution in [1.82, 2.24) is 5.32 Å². The lowest BCUT2D eigenvalue weighted by molar-refractivity contribution is -0.145. The Morgan fingerprint density at radius 1 is 1.17 bits per heavy atom. The van der Waals surface area contributed by atoms with Crippen LogP contribution in [0.15, 0.2) is 22.6 Å². The van der Waals surface area contributed by atoms with Crippen molar-refractivity contribution in [3.63, 3.8) is 0 Å². The van der Waals surface area contributed by atoms with Crippen LogP contribution in [0.25, 0.3) is 11.0 Å². The normalized spacial score (nSPS) is 17.1. The van der Waals surface area contributed by atoms with Crippen LogP contribution in [-0.2, 0) is 4.79 Å². The minimum absolute atomic E-state index is 0.209. The lowest BCUT2D eigenvalue weighted by Crippen LogP contribution is -2.55. The minimum Gasteiger partial charge on any atom is -0.480 e. The standard InChI is InChI=1S/C18H21NO4/c1-11-7-6-8-13-12(2)15(23-14(11)13)16(20)19-18(17(21)22)9-4-3-5-10-18/h6-8H,3-5,9-10H2,1-2H3,(H,19,20)(H,21,22). The second-order valence-corrected chi connectivity index (χ2v) is 6.41. The lowest BCUT2D eigenvalue weighted by Gasteiger charge is -2.33. The van der Waals surface area contributed by atoms with Gasteiger partial charge in [0.05, 0.1) is 0 Å². The van der Waals surface area contributed by atoms with Gasteiger partial charge < -0.3 is 14.8 Å². The maximum absolute atomic E-state index is 12.7. The van der Waals surface area contributed by atoms with E-state index >= 15 is 0 Å². The van der Waals surface area contributed by atoms with Crippen molar-refractivity contribution < 1.29 is 19.1 Å². The molecule has 1 amide bonds. The Hall–Kier alpha value is -2.30. The number of carboxylic acids is 1. The zero-order valence-corrected chi connectivity index (χ0v) is 13.4. The van der Waals surface area contributed by atoms with Crippen molar-refractivity contribution >= 4 is 22.8 Å². The number of carbonyl (C=O) groups is 2. The van der Waals surface area contributed by atoms with Crippen molar-refractivity contribution in [2.24, 2.45) is 0 Å². The monoisotopic (exact) mass is 315 g/mol. The first-order valence-corrected chi connectivity index (χ1v) is 7.99. The molecule has 1 saturated carbocycles. The van der Waals surface area contributed by atoms with Gasteiger partial charge in [-0.1, -0.05) is 37.5 Å². The molecule has 0 saturated heterocycles. The van der Waals surface area contributed by atoms with Crippen LogP contribution < -0.4 is 5.32 Å². The van der Waals surface area contributed by atoms with Crippen LogP contribution in [0.1, 0.15) is 53.8 Å². The van der Waals surface area contributed by atoms with E-state index in [2.05, 4.69) is 5.32 Å². The number of aliphatic carboxylic acids is 1. The molecule has 1 heterocycles. The van der Waals surface area contributed by atoms with Gasteiger partial charge in [-0.3, -0.25) is 4.79 Å². The summed E-state index contributed by atoms with van der Waals surface area (Å²) in [6.45, 7) is 3.75. The minimum atomic E-state index is -1.17. The van der Waals surface area contributed by atoms with E-state index < -0.39 is 17.4 Å². The number of carbonyl (C=O) groups excluding carboxylic acids is 1. The molecule has 0 atom stereocenters. The number of hydrogen-bond acceptors (Lipinski definition) is 3. The first-order valence-electron chi connectivity index (χ1n) is 7.99. The first-order chi connectivity index (χ1) is 10.9. The molecular weight excluding hydrogens is 294 g/mol. The molecule has 1 aliphatic carbocycles. The molecule has 1 aliphatic rings. The predicted octanol–water partition coefficient (Wildman–Crippen LogP) is 3.57. The highest BCUT2D eigenvalue weighted by atomic mass is 16.4. The highest BCUT2D eigenvalue weighted by molar-refractivity contribution is 6.01. The van der Waals surface area contributed by atoms with Gasteiger partial charge in [0.15, 0.2) is 5.76 Å². The molecule has 0 unspecified atom stereocenters. The fraction of sp³-hybridized carbons (Fsp3) is 0.444. The van der Waals surface area contributed by atoms with Crippen molar-refractivity contribution in [2.75, 3.05) is 0 Å². The number of furan rings is 1. The molecule has 5 nitrogen and oxygen atoms in total. The summed E-state index contributed by atoms with van der Waals surface area (Å²) < 4.78 is 5.75. The van der Waals surface area contributed by atoms with Crippen LogP contribution in [0, 0.1) is 13.8 Å². The molecule has 1 aromatic heterocycles. The Balaban J connectivity index is 1.95. The van der Waals surface area contributed by atoms with Gasteiger partial charge >= 0.3 is 5.97 Å². The van der Waals surface area contributed by atoms with Gasteiger partial charge in [0, 0.05) is 10.9 Å². The summed E-state index contributed by atoms with van der Waals surface area (Å²) in [5, 5.41) is 13.2. The molecule has 1 aromatic carbocycles. The number of aryl methyl sites for hydroxylation is 2. The Bertz CT molecular complexity index is 769. The van der Waals surface area contributed by atoms with Gasteiger partial charge in [-0.25, -0.2) is 4.79 Å². The predicted molar refractivity (Wildman–Crippen MR) is 86.6 cm³/mol. The summed E-state index contributed by atoms with van der Waals surface area (Å²) in [6.07, 6.45) is 3.56. The van der Waals surface area contributed by atoms with E-state index in [0.717, 1.165) is 35.8 Å². The van der Waals surface area contributed by atoms with Crippen molar-refractivity contribution in [2.45, 2.75) is 51.5 Å². The lowest BCUT2D eigenvalue weighted by atomic mass is 9.81. The van der Waals surface area contributed by atoms with Crippen LogP contribution in [0.4, 0.5) is 0 Å². The number of fused-ring (bicyclic) bond motifs is 1. The van der Waals surface area contributed by atoms with Gasteiger partial charge in [-0.15, -0.1) is 0 Å². The van der Waals surface area contributed by atoms with E-state index in [1.54, 1.807) is 0 Å². The zero-order valence-electron chi connectivity index (χ0n) is 13.4. The van der Waals surface area contributed by atoms with Crippen LogP contribution in [0.5, 0.6) is 0 Å². The van der Waals surface area contributed by atoms with E-state index in [9.17, 15) is 14.7 Å². The summed E-state index contributed by atoms with van der Waals surface area (Å²) in [6, 6.07) is 5.75. The third kappa shape index (κ3) is 2.60. The van der Waals surface area contributed by atoms with Crippen molar-refractivity contribution in [1.29, 1.82) is 0 Å². The molecule has 23 heavy (non-hydrogen) atoms. The fourth-order valence-corrected chi connectivity index (χ4v) is 3.42. The van der Waals surface area contributed by atoms with Gasteiger partial charge in [-0.2, -0.15) is 0 Å². The zero-order chi connectivity index (χ0) is 16.6. The van der Waals surface area contributed by atoms with Crippen molar-refractivity contribution in [3.8, 4) is 0 Å². The molecule has 1 fully saturated rings. The number of nitrogens with one attached hydrogen (secondary N) is 1. The van der Waals surface area contributed by atoms with Crippen LogP contribution in [0.3, 0.4) is 0 Å². The second-order valence-electron chi connectivity index (χ2n) is 6.41. The molecule has 0 bridgehead atoms. The summed E-state index contributed by atoms with van der Waals surface area (Å²) >= 11 is 0. The van der Waals surface area contributed by atoms with E-state index in [1.165, 1.54) is 0 Å². The molecule has 0 spiro atoms. The average Bonchev–Trinajstić information content (AvgIpc) is 2.87. The van der Waals surface area contributed by atoms with Gasteiger partial charge in [0.25, 0.3) is 5.91 Å². The molecule has 3 rings (SSSR count). The van der Waals surface area contributed by atoms with Crippen LogP contribution >= 0.6 is 0 Å². The summed E-state index contributed by atoms with van der Waals surface area (Å²) in [7, 11) is 0. The van der Waals surface area contributed by atoms with E-state index in [1.807, 2.05) is 32.0 Å². The van der Waals surface area contributed by atoms with E-state index in [-0.39, 0.29) is 5.76 Å². The van der Waals surface area contributed by atoms with E-state index in [0.29, 0.717) is 18.4 Å². The van der Waals surface area contributed by atoms with Crippen LogP contribution in [-0.4, -0.2) is 22.5 Å². The molecule has 5 heteroatoms. The third-order valence-electron chi connectivity index (χ3n) is 4.84. The van der Waals surface area contributed by atoms with Gasteiger partial charge in [0.1, 0.15) is 11.1 Å². The van der Waals surface area contributed by atoms with Gasteiger partial charge in [0.2, 0.25) is 0 Å². The number of rotatable bonds is 3. The summed E-state index contributed by atoms with van der Waals surface area (Å²) in [5.41, 5.74) is 1.21. The maximum Gasteiger partial charge on any atom is 0.329 e. The topological polar surface area (TPSA) is 79.5 Å². The summed E-state index contributed by atoms with van der Waals surface area (Å²) in [4.78, 5) is 24.4. The highest BCUT2D eigenvalue weighted by Gasteiger charge is 2.41. The van der Waals surface area contributed by atoms with Gasteiger partial charge in [-0.05, 0) is 32.3 Å². The van der Waals surface area contributed by atoms with Crippen molar-refractivity contribution in [3.05, 3.63) is 35.1 Å². The average molecular weight is 315 g/mol. The fourth-order valence-electron chi connectivity index (χ4n) is 3.42. The Morgan fingerprint density at radius 2 is 1.87 bits per heavy atom. The SMILES string of the molecule is Cc1c(C(=O)NC2(C(=O)O)CCCCC2)oc2c(C)cccc12. The number of benzene rings is 1. The second kappa shape index (κ2) is 5.72. The maximum atomic E-state index is 12.7. The molecule has 122 valence electrons.